The number of nitrogens with zero attached hydrogens (tertiary/aromatic N) is 2. The smallest absolute Gasteiger partial charge is 0.251 e. The Morgan fingerprint density at radius 1 is 0.971 bits per heavy atom. The van der Waals surface area contributed by atoms with Crippen molar-refractivity contribution < 1.29 is 14.4 Å². The number of halogens is 2. The number of carbonyl (C=O) groups is 3. The van der Waals surface area contributed by atoms with E-state index in [1.807, 2.05) is 24.3 Å². The highest BCUT2D eigenvalue weighted by molar-refractivity contribution is 6.43. The molecule has 172 valence electrons. The highest BCUT2D eigenvalue weighted by Crippen LogP contribution is 2.34. The van der Waals surface area contributed by atoms with Crippen molar-refractivity contribution in [3.05, 3.63) is 82.3 Å². The van der Waals surface area contributed by atoms with E-state index in [1.54, 1.807) is 41.0 Å². The van der Waals surface area contributed by atoms with E-state index in [-0.39, 0.29) is 24.6 Å². The Morgan fingerprint density at radius 3 is 2.53 bits per heavy atom. The zero-order valence-electron chi connectivity index (χ0n) is 17.7. The van der Waals surface area contributed by atoms with E-state index in [0.717, 1.165) is 5.52 Å². The summed E-state index contributed by atoms with van der Waals surface area (Å²) < 4.78 is 1.76. The van der Waals surface area contributed by atoms with Gasteiger partial charge in [0.15, 0.2) is 0 Å². The van der Waals surface area contributed by atoms with E-state index in [9.17, 15) is 14.4 Å². The summed E-state index contributed by atoms with van der Waals surface area (Å²) in [7, 11) is 0. The lowest BCUT2D eigenvalue weighted by molar-refractivity contribution is -0.117. The number of anilines is 1. The molecule has 0 aliphatic carbocycles. The number of hydrogen-bond donors (Lipinski definition) is 3. The molecule has 4 N–H and O–H groups in total. The normalized spacial score (nSPS) is 10.8. The van der Waals surface area contributed by atoms with E-state index < -0.39 is 11.8 Å². The van der Waals surface area contributed by atoms with E-state index in [0.29, 0.717) is 32.6 Å². The van der Waals surface area contributed by atoms with Gasteiger partial charge in [0.05, 0.1) is 27.6 Å². The minimum Gasteiger partial charge on any atom is -0.368 e. The molecule has 10 heteroatoms. The van der Waals surface area contributed by atoms with Crippen LogP contribution < -0.4 is 16.4 Å². The molecule has 3 amide bonds. The maximum Gasteiger partial charge on any atom is 0.251 e. The van der Waals surface area contributed by atoms with Gasteiger partial charge in [-0.15, -0.1) is 0 Å². The minimum atomic E-state index is -0.652. The number of hydrogen-bond acceptors (Lipinski definition) is 4. The van der Waals surface area contributed by atoms with Crippen LogP contribution in [0.15, 0.2) is 66.7 Å². The average Bonchev–Trinajstić information content (AvgIpc) is 3.17. The number of imidazole rings is 1. The van der Waals surface area contributed by atoms with Gasteiger partial charge in [0.25, 0.3) is 5.91 Å². The zero-order chi connectivity index (χ0) is 24.2. The summed E-state index contributed by atoms with van der Waals surface area (Å²) in [5, 5.41) is 5.93. The van der Waals surface area contributed by atoms with Crippen LogP contribution in [0.4, 0.5) is 5.69 Å². The largest absolute Gasteiger partial charge is 0.368 e. The number of primary amides is 1. The van der Waals surface area contributed by atoms with Crippen molar-refractivity contribution >= 4 is 57.6 Å². The van der Waals surface area contributed by atoms with Gasteiger partial charge in [-0.1, -0.05) is 47.5 Å². The van der Waals surface area contributed by atoms with Gasteiger partial charge in [0.2, 0.25) is 11.8 Å². The van der Waals surface area contributed by atoms with Crippen molar-refractivity contribution in [3.8, 4) is 11.4 Å². The summed E-state index contributed by atoms with van der Waals surface area (Å²) in [5.74, 6) is -0.963. The maximum atomic E-state index is 13.0. The average molecular weight is 496 g/mol. The first-order valence-corrected chi connectivity index (χ1v) is 10.9. The molecular weight excluding hydrogens is 477 g/mol. The molecule has 0 saturated carbocycles. The third-order valence-corrected chi connectivity index (χ3v) is 5.80. The maximum absolute atomic E-state index is 13.0. The Balaban J connectivity index is 1.61. The molecule has 0 fully saturated rings. The first-order chi connectivity index (χ1) is 16.3. The van der Waals surface area contributed by atoms with Gasteiger partial charge in [-0.25, -0.2) is 4.98 Å². The predicted molar refractivity (Wildman–Crippen MR) is 132 cm³/mol. The van der Waals surface area contributed by atoms with E-state index in [2.05, 4.69) is 15.6 Å². The van der Waals surface area contributed by atoms with E-state index >= 15 is 0 Å². The molecule has 1 aromatic heterocycles. The molecule has 0 radical (unpaired) electrons. The molecule has 0 saturated heterocycles. The van der Waals surface area contributed by atoms with Crippen LogP contribution >= 0.6 is 23.2 Å². The Kier molecular flexibility index (Phi) is 6.81. The number of fused-ring (bicyclic) bond motifs is 1. The number of carbonyl (C=O) groups excluding carboxylic acids is 3. The number of nitrogens with two attached hydrogens (primary N) is 1. The van der Waals surface area contributed by atoms with Crippen LogP contribution in [0.1, 0.15) is 10.4 Å². The third-order valence-electron chi connectivity index (χ3n) is 4.98. The second-order valence-corrected chi connectivity index (χ2v) is 8.17. The van der Waals surface area contributed by atoms with Gasteiger partial charge in [0, 0.05) is 16.8 Å². The van der Waals surface area contributed by atoms with E-state index in [1.165, 1.54) is 6.07 Å². The molecule has 4 aromatic rings. The second kappa shape index (κ2) is 9.94. The number of para-hydroxylation sites is 2. The van der Waals surface area contributed by atoms with Crippen LogP contribution in [0, 0.1) is 0 Å². The summed E-state index contributed by atoms with van der Waals surface area (Å²) in [6, 6.07) is 19.0. The molecule has 8 nitrogen and oxygen atoms in total. The number of aromatic nitrogens is 2. The van der Waals surface area contributed by atoms with Gasteiger partial charge < -0.3 is 20.9 Å². The molecule has 0 spiro atoms. The van der Waals surface area contributed by atoms with Crippen LogP contribution in [-0.4, -0.2) is 33.8 Å². The van der Waals surface area contributed by atoms with Crippen LogP contribution in [0.5, 0.6) is 0 Å². The lowest BCUT2D eigenvalue weighted by atomic mass is 10.2. The molecule has 1 heterocycles. The lowest BCUT2D eigenvalue weighted by Gasteiger charge is -2.12. The van der Waals surface area contributed by atoms with Gasteiger partial charge in [-0.05, 0) is 42.5 Å². The van der Waals surface area contributed by atoms with Crippen LogP contribution in [0.25, 0.3) is 22.4 Å². The first kappa shape index (κ1) is 23.3. The Morgan fingerprint density at radius 2 is 1.74 bits per heavy atom. The summed E-state index contributed by atoms with van der Waals surface area (Å²) in [4.78, 5) is 40.7. The molecule has 0 unspecified atom stereocenters. The van der Waals surface area contributed by atoms with Gasteiger partial charge in [0.1, 0.15) is 12.4 Å². The number of benzene rings is 3. The molecule has 0 aliphatic rings. The SMILES string of the molecule is NC(=O)CNC(=O)c1cccc(NC(=O)Cn2c(-c3cccc(Cl)c3Cl)nc3ccccc32)c1. The first-order valence-electron chi connectivity index (χ1n) is 10.2. The van der Waals surface area contributed by atoms with Crippen LogP contribution in [0.3, 0.4) is 0 Å². The third kappa shape index (κ3) is 5.03. The van der Waals surface area contributed by atoms with Gasteiger partial charge in [-0.2, -0.15) is 0 Å². The fraction of sp³-hybridized carbons (Fsp3) is 0.0833. The molecular formula is C24H19Cl2N5O3. The van der Waals surface area contributed by atoms with E-state index in [4.69, 9.17) is 28.9 Å². The van der Waals surface area contributed by atoms with Crippen molar-refractivity contribution in [1.82, 2.24) is 14.9 Å². The fourth-order valence-electron chi connectivity index (χ4n) is 3.47. The quantitative estimate of drug-likeness (QED) is 0.360. The second-order valence-electron chi connectivity index (χ2n) is 7.39. The van der Waals surface area contributed by atoms with Crippen molar-refractivity contribution in [1.29, 1.82) is 0 Å². The Bertz CT molecular complexity index is 1420. The number of nitrogens with one attached hydrogen (secondary N) is 2. The Labute approximate surface area is 204 Å². The molecule has 0 bridgehead atoms. The monoisotopic (exact) mass is 495 g/mol. The molecule has 0 aliphatic heterocycles. The van der Waals surface area contributed by atoms with Crippen molar-refractivity contribution in [3.63, 3.8) is 0 Å². The van der Waals surface area contributed by atoms with Crippen molar-refractivity contribution in [2.75, 3.05) is 11.9 Å². The Hall–Kier alpha value is -3.88. The number of amides is 3. The van der Waals surface area contributed by atoms with Gasteiger partial charge >= 0.3 is 0 Å². The van der Waals surface area contributed by atoms with Gasteiger partial charge in [-0.3, -0.25) is 14.4 Å². The topological polar surface area (TPSA) is 119 Å². The number of rotatable bonds is 7. The molecule has 0 atom stereocenters. The summed E-state index contributed by atoms with van der Waals surface area (Å²) in [6.07, 6.45) is 0. The lowest BCUT2D eigenvalue weighted by Crippen LogP contribution is -2.33. The standard InChI is InChI=1S/C24H19Cl2N5O3/c25-17-8-4-7-16(22(17)26)23-30-18-9-1-2-10-19(18)31(23)13-21(33)29-15-6-3-5-14(11-15)24(34)28-12-20(27)32/h1-11H,12-13H2,(H2,27,32)(H,28,34)(H,29,33). The summed E-state index contributed by atoms with van der Waals surface area (Å²) >= 11 is 12.6. The zero-order valence-corrected chi connectivity index (χ0v) is 19.2. The molecule has 3 aromatic carbocycles. The molecule has 4 rings (SSSR count). The van der Waals surface area contributed by atoms with Crippen molar-refractivity contribution in [2.45, 2.75) is 6.54 Å². The summed E-state index contributed by atoms with van der Waals surface area (Å²) in [5.41, 5.74) is 7.81. The molecule has 34 heavy (non-hydrogen) atoms. The highest BCUT2D eigenvalue weighted by Gasteiger charge is 2.18. The summed E-state index contributed by atoms with van der Waals surface area (Å²) in [6.45, 7) is -0.339. The van der Waals surface area contributed by atoms with Crippen molar-refractivity contribution in [2.24, 2.45) is 5.73 Å². The minimum absolute atomic E-state index is 0.0587. The fourth-order valence-corrected chi connectivity index (χ4v) is 3.85. The van der Waals surface area contributed by atoms with Crippen LogP contribution in [-0.2, 0) is 16.1 Å². The van der Waals surface area contributed by atoms with Crippen LogP contribution in [0.2, 0.25) is 10.0 Å². The predicted octanol–water partition coefficient (Wildman–Crippen LogP) is 3.86. The highest BCUT2D eigenvalue weighted by atomic mass is 35.5.